The predicted molar refractivity (Wildman–Crippen MR) is 154 cm³/mol. The Bertz CT molecular complexity index is 1460. The molecule has 38 heavy (non-hydrogen) atoms. The Kier molecular flexibility index (Phi) is 7.05. The Morgan fingerprint density at radius 1 is 0.684 bits per heavy atom. The summed E-state index contributed by atoms with van der Waals surface area (Å²) in [6.45, 7) is 12.3. The summed E-state index contributed by atoms with van der Waals surface area (Å²) in [5.41, 5.74) is 7.25. The molecule has 1 aromatic heterocycles. The highest BCUT2D eigenvalue weighted by Gasteiger charge is 2.32. The molecule has 0 unspecified atom stereocenters. The lowest BCUT2D eigenvalue weighted by Gasteiger charge is -2.30. The van der Waals surface area contributed by atoms with E-state index in [0.29, 0.717) is 11.4 Å². The molecular weight excluding hydrogens is 472 g/mol. The number of carbonyl (C=O) groups excluding carboxylic acids is 1. The lowest BCUT2D eigenvalue weighted by Crippen LogP contribution is -2.30. The number of hydrogen-bond donors (Lipinski definition) is 1. The fourth-order valence-electron chi connectivity index (χ4n) is 5.11. The molecule has 1 aliphatic carbocycles. The summed E-state index contributed by atoms with van der Waals surface area (Å²) in [4.78, 5) is 25.5. The molecule has 2 aromatic carbocycles. The molecule has 0 radical (unpaired) electrons. The summed E-state index contributed by atoms with van der Waals surface area (Å²) in [7, 11) is 0. The van der Waals surface area contributed by atoms with Crippen molar-refractivity contribution in [2.24, 2.45) is 4.99 Å². The van der Waals surface area contributed by atoms with Crippen LogP contribution in [0.25, 0.3) is 16.8 Å². The van der Waals surface area contributed by atoms with Crippen LogP contribution in [0.15, 0.2) is 94.8 Å². The van der Waals surface area contributed by atoms with Gasteiger partial charge in [0.2, 0.25) is 0 Å². The van der Waals surface area contributed by atoms with Crippen LogP contribution in [0, 0.1) is 0 Å². The molecule has 0 saturated carbocycles. The Morgan fingerprint density at radius 2 is 1.21 bits per heavy atom. The van der Waals surface area contributed by atoms with Crippen molar-refractivity contribution in [2.75, 3.05) is 36.0 Å². The van der Waals surface area contributed by atoms with Gasteiger partial charge in [0.1, 0.15) is 0 Å². The molecule has 194 valence electrons. The molecule has 0 atom stereocenters. The summed E-state index contributed by atoms with van der Waals surface area (Å²) in [5, 5.41) is 13.1. The molecule has 2 heterocycles. The van der Waals surface area contributed by atoms with E-state index in [1.807, 2.05) is 24.3 Å². The van der Waals surface area contributed by atoms with Gasteiger partial charge in [-0.25, -0.2) is 4.99 Å². The number of carbonyl (C=O) groups is 1. The third kappa shape index (κ3) is 4.47. The number of rotatable bonds is 9. The SMILES string of the molecule is CCN(CC)c1ccc(C2=NC(=C3C(=O)C(c4ccc(-c5ccc(N(CC)CC)cc5)[nH]4)=C3[O-])C=C2)cc1. The number of aromatic amines is 1. The summed E-state index contributed by atoms with van der Waals surface area (Å²) in [6.07, 6.45) is 3.62. The lowest BCUT2D eigenvalue weighted by molar-refractivity contribution is -0.297. The molecule has 1 N–H and O–H groups in total. The average molecular weight is 506 g/mol. The highest BCUT2D eigenvalue weighted by atomic mass is 16.3. The topological polar surface area (TPSA) is 74.8 Å². The molecular formula is C32H33N4O2-. The van der Waals surface area contributed by atoms with E-state index in [1.165, 1.54) is 5.69 Å². The van der Waals surface area contributed by atoms with E-state index >= 15 is 0 Å². The van der Waals surface area contributed by atoms with Gasteiger partial charge in [-0.3, -0.25) is 4.79 Å². The zero-order valence-corrected chi connectivity index (χ0v) is 22.4. The standard InChI is InChI=1S/C32H34N4O2/c1-5-35(6-2)23-13-9-21(10-14-23)25-17-19-27(33-25)29-31(37)30(32(29)38)28-20-18-26(34-28)22-11-15-24(16-12-22)36(7-3)8-4/h9-20,33,37H,5-8H2,1-4H3/p-1. The van der Waals surface area contributed by atoms with Crippen molar-refractivity contribution in [3.63, 3.8) is 0 Å². The number of nitrogens with one attached hydrogen (secondary N) is 1. The molecule has 2 aliphatic rings. The lowest BCUT2D eigenvalue weighted by atomic mass is 9.85. The van der Waals surface area contributed by atoms with Crippen LogP contribution in [0.1, 0.15) is 39.0 Å². The van der Waals surface area contributed by atoms with Crippen LogP contribution in [0.5, 0.6) is 0 Å². The Labute approximate surface area is 224 Å². The molecule has 0 fully saturated rings. The van der Waals surface area contributed by atoms with Crippen LogP contribution in [0.3, 0.4) is 0 Å². The summed E-state index contributed by atoms with van der Waals surface area (Å²) < 4.78 is 0. The maximum Gasteiger partial charge on any atom is 0.196 e. The number of allylic oxidation sites excluding steroid dienone is 4. The fourth-order valence-corrected chi connectivity index (χ4v) is 5.11. The third-order valence-corrected chi connectivity index (χ3v) is 7.36. The molecule has 1 aliphatic heterocycles. The number of aromatic nitrogens is 1. The average Bonchev–Trinajstić information content (AvgIpc) is 3.62. The minimum absolute atomic E-state index is 0.158. The number of hydrogen-bond acceptors (Lipinski definition) is 5. The van der Waals surface area contributed by atoms with Crippen LogP contribution in [-0.2, 0) is 4.79 Å². The highest BCUT2D eigenvalue weighted by molar-refractivity contribution is 6.39. The first kappa shape index (κ1) is 25.3. The predicted octanol–water partition coefficient (Wildman–Crippen LogP) is 5.34. The zero-order chi connectivity index (χ0) is 26.8. The number of H-pyrrole nitrogens is 1. The van der Waals surface area contributed by atoms with Crippen molar-refractivity contribution < 1.29 is 9.90 Å². The van der Waals surface area contributed by atoms with Crippen molar-refractivity contribution in [3.05, 3.63) is 101 Å². The van der Waals surface area contributed by atoms with Gasteiger partial charge in [0.15, 0.2) is 5.78 Å². The molecule has 3 aromatic rings. The van der Waals surface area contributed by atoms with Crippen LogP contribution >= 0.6 is 0 Å². The monoisotopic (exact) mass is 505 g/mol. The Hall–Kier alpha value is -4.32. The second-order valence-electron chi connectivity index (χ2n) is 9.35. The molecule has 6 nitrogen and oxygen atoms in total. The van der Waals surface area contributed by atoms with Crippen LogP contribution in [0.2, 0.25) is 0 Å². The second kappa shape index (κ2) is 10.6. The Balaban J connectivity index is 1.36. The van der Waals surface area contributed by atoms with Crippen molar-refractivity contribution >= 4 is 28.4 Å². The fraction of sp³-hybridized carbons (Fsp3) is 0.250. The van der Waals surface area contributed by atoms with Crippen molar-refractivity contribution in [1.82, 2.24) is 4.98 Å². The molecule has 0 amide bonds. The van der Waals surface area contributed by atoms with E-state index in [2.05, 4.69) is 83.9 Å². The molecule has 0 spiro atoms. The van der Waals surface area contributed by atoms with Crippen molar-refractivity contribution in [1.29, 1.82) is 0 Å². The maximum absolute atomic E-state index is 13.1. The minimum atomic E-state index is -0.262. The van der Waals surface area contributed by atoms with E-state index < -0.39 is 0 Å². The van der Waals surface area contributed by atoms with Gasteiger partial charge >= 0.3 is 0 Å². The van der Waals surface area contributed by atoms with Crippen molar-refractivity contribution in [3.8, 4) is 11.3 Å². The number of Topliss-reactive ketones (excluding diaryl/α,β-unsaturated/α-hetero) is 1. The number of nitrogens with zero attached hydrogens (tertiary/aromatic N) is 3. The molecule has 0 bridgehead atoms. The van der Waals surface area contributed by atoms with Gasteiger partial charge in [0.05, 0.1) is 11.4 Å². The molecule has 0 saturated heterocycles. The third-order valence-electron chi connectivity index (χ3n) is 7.36. The van der Waals surface area contributed by atoms with E-state index in [1.54, 1.807) is 12.1 Å². The molecule has 5 rings (SSSR count). The number of anilines is 2. The number of aliphatic imine (C=N–C) groups is 1. The van der Waals surface area contributed by atoms with E-state index in [-0.39, 0.29) is 22.7 Å². The summed E-state index contributed by atoms with van der Waals surface area (Å²) >= 11 is 0. The van der Waals surface area contributed by atoms with Crippen LogP contribution in [0.4, 0.5) is 11.4 Å². The summed E-state index contributed by atoms with van der Waals surface area (Å²) in [5.74, 6) is -0.524. The second-order valence-corrected chi connectivity index (χ2v) is 9.35. The smallest absolute Gasteiger partial charge is 0.196 e. The number of ketones is 1. The van der Waals surface area contributed by atoms with Gasteiger partial charge in [-0.2, -0.15) is 0 Å². The van der Waals surface area contributed by atoms with E-state index in [4.69, 9.17) is 0 Å². The normalized spacial score (nSPS) is 16.6. The van der Waals surface area contributed by atoms with Gasteiger partial charge in [-0.05, 0) is 81.8 Å². The first-order valence-corrected chi connectivity index (χ1v) is 13.4. The Morgan fingerprint density at radius 3 is 1.74 bits per heavy atom. The quantitative estimate of drug-likeness (QED) is 0.398. The van der Waals surface area contributed by atoms with E-state index in [0.717, 1.165) is 54.4 Å². The summed E-state index contributed by atoms with van der Waals surface area (Å²) in [6, 6.07) is 20.2. The van der Waals surface area contributed by atoms with Gasteiger partial charge in [-0.15, -0.1) is 0 Å². The van der Waals surface area contributed by atoms with Gasteiger partial charge in [0.25, 0.3) is 0 Å². The van der Waals surface area contributed by atoms with Gasteiger partial charge in [0, 0.05) is 65.7 Å². The number of benzene rings is 2. The van der Waals surface area contributed by atoms with Crippen LogP contribution < -0.4 is 14.9 Å². The molecule has 6 heteroatoms. The van der Waals surface area contributed by atoms with E-state index in [9.17, 15) is 9.90 Å². The van der Waals surface area contributed by atoms with Gasteiger partial charge < -0.3 is 19.9 Å². The first-order chi connectivity index (χ1) is 18.5. The minimum Gasteiger partial charge on any atom is -0.871 e. The van der Waals surface area contributed by atoms with Gasteiger partial charge in [-0.1, -0.05) is 30.0 Å². The first-order valence-electron chi connectivity index (χ1n) is 13.4. The zero-order valence-electron chi connectivity index (χ0n) is 22.4. The van der Waals surface area contributed by atoms with Crippen LogP contribution in [-0.4, -0.2) is 42.7 Å². The highest BCUT2D eigenvalue weighted by Crippen LogP contribution is 2.38. The largest absolute Gasteiger partial charge is 0.871 e. The van der Waals surface area contributed by atoms with Crippen molar-refractivity contribution in [2.45, 2.75) is 27.7 Å². The maximum atomic E-state index is 13.1.